The second-order valence-corrected chi connectivity index (χ2v) is 5.11. The summed E-state index contributed by atoms with van der Waals surface area (Å²) in [5, 5.41) is 0. The van der Waals surface area contributed by atoms with Crippen LogP contribution in [0.5, 0.6) is 0 Å². The van der Waals surface area contributed by atoms with Crippen LogP contribution in [-0.4, -0.2) is 17.6 Å². The second-order valence-electron chi connectivity index (χ2n) is 5.11. The fourth-order valence-corrected chi connectivity index (χ4v) is 2.46. The summed E-state index contributed by atoms with van der Waals surface area (Å²) < 4.78 is 5.13. The van der Waals surface area contributed by atoms with E-state index in [1.54, 1.807) is 0 Å². The van der Waals surface area contributed by atoms with Crippen molar-refractivity contribution in [2.45, 2.75) is 52.4 Å². The van der Waals surface area contributed by atoms with Crippen molar-refractivity contribution in [2.75, 3.05) is 6.61 Å². The van der Waals surface area contributed by atoms with Crippen molar-refractivity contribution >= 4 is 5.97 Å². The number of ether oxygens (including phenoxy) is 1. The number of aromatic nitrogens is 1. The number of aryl methyl sites for hydroxylation is 2. The van der Waals surface area contributed by atoms with Gasteiger partial charge in [-0.05, 0) is 50.2 Å². The van der Waals surface area contributed by atoms with Gasteiger partial charge in [0.2, 0.25) is 0 Å². The summed E-state index contributed by atoms with van der Waals surface area (Å²) in [6.07, 6.45) is 4.47. The van der Waals surface area contributed by atoms with Crippen molar-refractivity contribution in [1.29, 1.82) is 0 Å². The highest BCUT2D eigenvalue weighted by molar-refractivity contribution is 5.91. The van der Waals surface area contributed by atoms with E-state index in [2.05, 4.69) is 13.8 Å². The van der Waals surface area contributed by atoms with E-state index in [9.17, 15) is 4.79 Å². The van der Waals surface area contributed by atoms with Crippen molar-refractivity contribution in [2.24, 2.45) is 0 Å². The Labute approximate surface area is 109 Å². The average molecular weight is 247 g/mol. The smallest absolute Gasteiger partial charge is 0.339 e. The molecule has 0 bridgehead atoms. The maximum Gasteiger partial charge on any atom is 0.339 e. The minimum Gasteiger partial charge on any atom is -0.462 e. The largest absolute Gasteiger partial charge is 0.462 e. The molecule has 0 aromatic carbocycles. The molecule has 0 N–H and O–H groups in total. The lowest BCUT2D eigenvalue weighted by Crippen LogP contribution is -2.15. The monoisotopic (exact) mass is 247 g/mol. The summed E-state index contributed by atoms with van der Waals surface area (Å²) in [4.78, 5) is 16.7. The Morgan fingerprint density at radius 1 is 1.39 bits per heavy atom. The van der Waals surface area contributed by atoms with Crippen LogP contribution in [0.2, 0.25) is 0 Å². The summed E-state index contributed by atoms with van der Waals surface area (Å²) in [6.45, 7) is 6.38. The van der Waals surface area contributed by atoms with E-state index < -0.39 is 0 Å². The van der Waals surface area contributed by atoms with Crippen molar-refractivity contribution in [3.8, 4) is 0 Å². The standard InChI is InChI=1S/C15H21NO2/c1-4-18-15(17)12-9-11-7-5-6-8-13(11)16-14(12)10(2)3/h9-10H,4-8H2,1-3H3. The highest BCUT2D eigenvalue weighted by atomic mass is 16.5. The molecule has 2 rings (SSSR count). The molecule has 0 unspecified atom stereocenters. The molecule has 3 heteroatoms. The lowest BCUT2D eigenvalue weighted by molar-refractivity contribution is 0.0523. The van der Waals surface area contributed by atoms with Crippen LogP contribution in [0.1, 0.15) is 66.8 Å². The molecule has 0 saturated heterocycles. The minimum absolute atomic E-state index is 0.234. The molecule has 0 atom stereocenters. The minimum atomic E-state index is -0.234. The maximum absolute atomic E-state index is 12.0. The van der Waals surface area contributed by atoms with E-state index >= 15 is 0 Å². The molecule has 1 aromatic rings. The Morgan fingerprint density at radius 3 is 2.78 bits per heavy atom. The first-order valence-electron chi connectivity index (χ1n) is 6.83. The van der Waals surface area contributed by atoms with Crippen molar-refractivity contribution in [1.82, 2.24) is 4.98 Å². The van der Waals surface area contributed by atoms with Crippen LogP contribution in [0.3, 0.4) is 0 Å². The third-order valence-electron chi connectivity index (χ3n) is 3.37. The van der Waals surface area contributed by atoms with Crippen LogP contribution in [-0.2, 0) is 17.6 Å². The Hall–Kier alpha value is -1.38. The number of pyridine rings is 1. The molecular weight excluding hydrogens is 226 g/mol. The van der Waals surface area contributed by atoms with Crippen LogP contribution in [0.4, 0.5) is 0 Å². The number of nitrogens with zero attached hydrogens (tertiary/aromatic N) is 1. The van der Waals surface area contributed by atoms with Gasteiger partial charge in [0.05, 0.1) is 17.9 Å². The van der Waals surface area contributed by atoms with Gasteiger partial charge in [-0.15, -0.1) is 0 Å². The van der Waals surface area contributed by atoms with E-state index in [0.717, 1.165) is 18.5 Å². The maximum atomic E-state index is 12.0. The molecular formula is C15H21NO2. The SMILES string of the molecule is CCOC(=O)c1cc2c(nc1C(C)C)CCCC2. The Bertz CT molecular complexity index is 452. The molecule has 1 aromatic heterocycles. The normalized spacial score (nSPS) is 14.4. The van der Waals surface area contributed by atoms with Gasteiger partial charge in [0.25, 0.3) is 0 Å². The molecule has 0 spiro atoms. The second kappa shape index (κ2) is 5.51. The van der Waals surface area contributed by atoms with Crippen LogP contribution in [0, 0.1) is 0 Å². The van der Waals surface area contributed by atoms with Gasteiger partial charge in [0.15, 0.2) is 0 Å². The average Bonchev–Trinajstić information content (AvgIpc) is 2.37. The first-order valence-corrected chi connectivity index (χ1v) is 6.83. The third kappa shape index (κ3) is 2.55. The summed E-state index contributed by atoms with van der Waals surface area (Å²) >= 11 is 0. The number of carbonyl (C=O) groups excluding carboxylic acids is 1. The fourth-order valence-electron chi connectivity index (χ4n) is 2.46. The molecule has 1 aliphatic carbocycles. The Kier molecular flexibility index (Phi) is 4.00. The van der Waals surface area contributed by atoms with E-state index in [-0.39, 0.29) is 11.9 Å². The zero-order valence-electron chi connectivity index (χ0n) is 11.5. The molecule has 0 radical (unpaired) electrons. The topological polar surface area (TPSA) is 39.2 Å². The van der Waals surface area contributed by atoms with Gasteiger partial charge in [-0.2, -0.15) is 0 Å². The number of hydrogen-bond acceptors (Lipinski definition) is 3. The zero-order valence-corrected chi connectivity index (χ0v) is 11.5. The lowest BCUT2D eigenvalue weighted by atomic mass is 9.92. The predicted octanol–water partition coefficient (Wildman–Crippen LogP) is 3.26. The van der Waals surface area contributed by atoms with E-state index in [1.807, 2.05) is 13.0 Å². The zero-order chi connectivity index (χ0) is 13.1. The molecule has 98 valence electrons. The van der Waals surface area contributed by atoms with Crippen molar-refractivity contribution < 1.29 is 9.53 Å². The number of carbonyl (C=O) groups is 1. The Morgan fingerprint density at radius 2 is 2.11 bits per heavy atom. The number of fused-ring (bicyclic) bond motifs is 1. The van der Waals surface area contributed by atoms with E-state index in [1.165, 1.54) is 24.1 Å². The summed E-state index contributed by atoms with van der Waals surface area (Å²) in [7, 11) is 0. The highest BCUT2D eigenvalue weighted by Crippen LogP contribution is 2.26. The van der Waals surface area contributed by atoms with Gasteiger partial charge >= 0.3 is 5.97 Å². The molecule has 1 heterocycles. The summed E-state index contributed by atoms with van der Waals surface area (Å²) in [5.41, 5.74) is 3.95. The van der Waals surface area contributed by atoms with E-state index in [4.69, 9.17) is 9.72 Å². The molecule has 1 aliphatic rings. The predicted molar refractivity (Wildman–Crippen MR) is 70.9 cm³/mol. The van der Waals surface area contributed by atoms with Gasteiger partial charge in [-0.1, -0.05) is 13.8 Å². The van der Waals surface area contributed by atoms with Crippen LogP contribution >= 0.6 is 0 Å². The van der Waals surface area contributed by atoms with Gasteiger partial charge in [-0.25, -0.2) is 4.79 Å². The van der Waals surface area contributed by atoms with Gasteiger partial charge in [0.1, 0.15) is 0 Å². The molecule has 3 nitrogen and oxygen atoms in total. The molecule has 0 fully saturated rings. The first-order chi connectivity index (χ1) is 8.63. The molecule has 0 saturated carbocycles. The highest BCUT2D eigenvalue weighted by Gasteiger charge is 2.21. The van der Waals surface area contributed by atoms with Gasteiger partial charge in [-0.3, -0.25) is 4.98 Å². The van der Waals surface area contributed by atoms with Crippen LogP contribution in [0.15, 0.2) is 6.07 Å². The van der Waals surface area contributed by atoms with Crippen LogP contribution in [0.25, 0.3) is 0 Å². The summed E-state index contributed by atoms with van der Waals surface area (Å²) in [5.74, 6) is 0.0127. The van der Waals surface area contributed by atoms with Crippen molar-refractivity contribution in [3.63, 3.8) is 0 Å². The molecule has 0 aliphatic heterocycles. The number of hydrogen-bond donors (Lipinski definition) is 0. The number of rotatable bonds is 3. The Balaban J connectivity index is 2.45. The quantitative estimate of drug-likeness (QED) is 0.770. The molecule has 0 amide bonds. The van der Waals surface area contributed by atoms with Gasteiger partial charge < -0.3 is 4.74 Å². The third-order valence-corrected chi connectivity index (χ3v) is 3.37. The first kappa shape index (κ1) is 13.1. The van der Waals surface area contributed by atoms with Crippen molar-refractivity contribution in [3.05, 3.63) is 28.6 Å². The molecule has 18 heavy (non-hydrogen) atoms. The van der Waals surface area contributed by atoms with E-state index in [0.29, 0.717) is 12.2 Å². The fraction of sp³-hybridized carbons (Fsp3) is 0.600. The summed E-state index contributed by atoms with van der Waals surface area (Å²) in [6, 6.07) is 2.01. The lowest BCUT2D eigenvalue weighted by Gasteiger charge is -2.19. The van der Waals surface area contributed by atoms with Gasteiger partial charge in [0, 0.05) is 5.69 Å². The van der Waals surface area contributed by atoms with Crippen LogP contribution < -0.4 is 0 Å². The number of esters is 1.